The zero-order valence-corrected chi connectivity index (χ0v) is 19.6. The van der Waals surface area contributed by atoms with Gasteiger partial charge < -0.3 is 16.0 Å². The van der Waals surface area contributed by atoms with Crippen molar-refractivity contribution in [2.45, 2.75) is 53.0 Å². The predicted molar refractivity (Wildman–Crippen MR) is 126 cm³/mol. The van der Waals surface area contributed by atoms with Crippen LogP contribution in [0.1, 0.15) is 57.5 Å². The molecule has 1 atom stereocenters. The minimum atomic E-state index is -0.749. The van der Waals surface area contributed by atoms with Crippen LogP contribution in [-0.4, -0.2) is 23.8 Å². The quantitative estimate of drug-likeness (QED) is 0.587. The topological polar surface area (TPSA) is 87.3 Å². The van der Waals surface area contributed by atoms with Crippen LogP contribution in [0.3, 0.4) is 0 Å². The van der Waals surface area contributed by atoms with Gasteiger partial charge in [0.05, 0.1) is 10.7 Å². The zero-order chi connectivity index (χ0) is 23.3. The molecular weight excluding hydrogens is 414 g/mol. The minimum Gasteiger partial charge on any atom is -0.340 e. The van der Waals surface area contributed by atoms with E-state index in [2.05, 4.69) is 36.7 Å². The zero-order valence-electron chi connectivity index (χ0n) is 18.8. The summed E-state index contributed by atoms with van der Waals surface area (Å²) in [5.74, 6) is -1.05. The van der Waals surface area contributed by atoms with Gasteiger partial charge in [0.1, 0.15) is 6.04 Å². The highest BCUT2D eigenvalue weighted by Gasteiger charge is 2.25. The summed E-state index contributed by atoms with van der Waals surface area (Å²) in [6.07, 6.45) is 0. The Balaban J connectivity index is 2.12. The van der Waals surface area contributed by atoms with Gasteiger partial charge in [0.15, 0.2) is 0 Å². The summed E-state index contributed by atoms with van der Waals surface area (Å²) in [6, 6.07) is 11.4. The van der Waals surface area contributed by atoms with E-state index in [0.717, 1.165) is 5.56 Å². The number of rotatable bonds is 6. The van der Waals surface area contributed by atoms with Crippen LogP contribution in [0.2, 0.25) is 5.02 Å². The highest BCUT2D eigenvalue weighted by Crippen LogP contribution is 2.26. The largest absolute Gasteiger partial charge is 0.340 e. The fourth-order valence-corrected chi connectivity index (χ4v) is 3.22. The monoisotopic (exact) mass is 443 g/mol. The van der Waals surface area contributed by atoms with Crippen LogP contribution in [0.15, 0.2) is 42.5 Å². The number of nitrogens with one attached hydrogen (secondary N) is 3. The number of carbonyl (C=O) groups excluding carboxylic acids is 3. The number of anilines is 2. The molecule has 0 aliphatic rings. The summed E-state index contributed by atoms with van der Waals surface area (Å²) >= 11 is 6.24. The number of halogens is 1. The summed E-state index contributed by atoms with van der Waals surface area (Å²) in [5.41, 5.74) is 2.53. The van der Waals surface area contributed by atoms with E-state index >= 15 is 0 Å². The molecule has 2 aromatic carbocycles. The van der Waals surface area contributed by atoms with E-state index in [-0.39, 0.29) is 34.1 Å². The molecule has 0 aliphatic carbocycles. The van der Waals surface area contributed by atoms with Crippen molar-refractivity contribution in [1.29, 1.82) is 0 Å². The van der Waals surface area contributed by atoms with Gasteiger partial charge in [-0.1, -0.05) is 58.4 Å². The smallest absolute Gasteiger partial charge is 0.251 e. The molecule has 31 heavy (non-hydrogen) atoms. The molecule has 1 unspecified atom stereocenters. The van der Waals surface area contributed by atoms with E-state index in [9.17, 15) is 14.4 Å². The first-order valence-corrected chi connectivity index (χ1v) is 10.6. The Kier molecular flexibility index (Phi) is 7.85. The van der Waals surface area contributed by atoms with E-state index in [1.807, 2.05) is 26.0 Å². The molecule has 7 heteroatoms. The first-order chi connectivity index (χ1) is 14.4. The van der Waals surface area contributed by atoms with Gasteiger partial charge >= 0.3 is 0 Å². The van der Waals surface area contributed by atoms with Crippen LogP contribution >= 0.6 is 11.6 Å². The standard InChI is InChI=1S/C24H30ClN3O3/c1-14(2)21(28-22(30)16-7-9-17(10-8-16)24(4,5)6)23(31)27-20-12-11-18(13-19(20)25)26-15(3)29/h7-14,21H,1-6H3,(H,26,29)(H,27,31)(H,28,30). The summed E-state index contributed by atoms with van der Waals surface area (Å²) in [5, 5.41) is 8.49. The van der Waals surface area contributed by atoms with E-state index in [4.69, 9.17) is 11.6 Å². The lowest BCUT2D eigenvalue weighted by atomic mass is 9.86. The van der Waals surface area contributed by atoms with E-state index in [1.165, 1.54) is 6.92 Å². The minimum absolute atomic E-state index is 0.00981. The Hall–Kier alpha value is -2.86. The van der Waals surface area contributed by atoms with Gasteiger partial charge in [-0.2, -0.15) is 0 Å². The third-order valence-electron chi connectivity index (χ3n) is 4.80. The molecule has 0 aliphatic heterocycles. The SMILES string of the molecule is CC(=O)Nc1ccc(NC(=O)C(NC(=O)c2ccc(C(C)(C)C)cc2)C(C)C)c(Cl)c1. The second-order valence-electron chi connectivity index (χ2n) is 8.89. The summed E-state index contributed by atoms with van der Waals surface area (Å²) in [7, 11) is 0. The lowest BCUT2D eigenvalue weighted by Crippen LogP contribution is -2.47. The van der Waals surface area contributed by atoms with Gasteiger partial charge in [0, 0.05) is 18.2 Å². The molecule has 3 amide bonds. The maximum Gasteiger partial charge on any atom is 0.251 e. The highest BCUT2D eigenvalue weighted by atomic mass is 35.5. The summed E-state index contributed by atoms with van der Waals surface area (Å²) < 4.78 is 0. The molecule has 0 saturated heterocycles. The van der Waals surface area contributed by atoms with Crippen molar-refractivity contribution < 1.29 is 14.4 Å². The van der Waals surface area contributed by atoms with Crippen LogP contribution in [0.4, 0.5) is 11.4 Å². The average Bonchev–Trinajstić information content (AvgIpc) is 2.66. The number of hydrogen-bond donors (Lipinski definition) is 3. The Bertz CT molecular complexity index is 963. The average molecular weight is 444 g/mol. The first kappa shape index (κ1) is 24.4. The van der Waals surface area contributed by atoms with E-state index in [1.54, 1.807) is 30.3 Å². The van der Waals surface area contributed by atoms with Crippen LogP contribution < -0.4 is 16.0 Å². The molecular formula is C24H30ClN3O3. The van der Waals surface area contributed by atoms with Crippen molar-refractivity contribution in [3.05, 3.63) is 58.6 Å². The molecule has 0 fully saturated rings. The van der Waals surface area contributed by atoms with Gasteiger partial charge in [0.2, 0.25) is 11.8 Å². The van der Waals surface area contributed by atoms with Crippen LogP contribution in [0.25, 0.3) is 0 Å². The molecule has 0 aromatic heterocycles. The van der Waals surface area contributed by atoms with Gasteiger partial charge in [-0.25, -0.2) is 0 Å². The molecule has 0 saturated carbocycles. The maximum absolute atomic E-state index is 12.9. The van der Waals surface area contributed by atoms with E-state index < -0.39 is 6.04 Å². The van der Waals surface area contributed by atoms with Gasteiger partial charge in [-0.05, 0) is 47.2 Å². The van der Waals surface area contributed by atoms with Crippen molar-refractivity contribution in [1.82, 2.24) is 5.32 Å². The molecule has 2 aromatic rings. The Labute approximate surface area is 188 Å². The lowest BCUT2D eigenvalue weighted by molar-refractivity contribution is -0.119. The molecule has 6 nitrogen and oxygen atoms in total. The highest BCUT2D eigenvalue weighted by molar-refractivity contribution is 6.34. The van der Waals surface area contributed by atoms with Crippen LogP contribution in [0, 0.1) is 5.92 Å². The van der Waals surface area contributed by atoms with Crippen LogP contribution in [-0.2, 0) is 15.0 Å². The number of benzene rings is 2. The van der Waals surface area contributed by atoms with Crippen molar-refractivity contribution in [2.24, 2.45) is 5.92 Å². The molecule has 0 spiro atoms. The maximum atomic E-state index is 12.9. The van der Waals surface area contributed by atoms with Gasteiger partial charge in [-0.3, -0.25) is 14.4 Å². The van der Waals surface area contributed by atoms with Crippen molar-refractivity contribution >= 4 is 40.7 Å². The van der Waals surface area contributed by atoms with Gasteiger partial charge in [0.25, 0.3) is 5.91 Å². The van der Waals surface area contributed by atoms with Crippen molar-refractivity contribution in [3.63, 3.8) is 0 Å². The third kappa shape index (κ3) is 6.82. The second kappa shape index (κ2) is 9.96. The summed E-state index contributed by atoms with van der Waals surface area (Å²) in [4.78, 5) is 36.8. The fraction of sp³-hybridized carbons (Fsp3) is 0.375. The van der Waals surface area contributed by atoms with Crippen molar-refractivity contribution in [3.8, 4) is 0 Å². The fourth-order valence-electron chi connectivity index (χ4n) is 2.99. The number of hydrogen-bond acceptors (Lipinski definition) is 3. The number of amides is 3. The lowest BCUT2D eigenvalue weighted by Gasteiger charge is -2.23. The first-order valence-electron chi connectivity index (χ1n) is 10.2. The number of carbonyl (C=O) groups is 3. The molecule has 3 N–H and O–H groups in total. The van der Waals surface area contributed by atoms with E-state index in [0.29, 0.717) is 16.9 Å². The molecule has 166 valence electrons. The Morgan fingerprint density at radius 1 is 0.935 bits per heavy atom. The van der Waals surface area contributed by atoms with Crippen LogP contribution in [0.5, 0.6) is 0 Å². The second-order valence-corrected chi connectivity index (χ2v) is 9.29. The third-order valence-corrected chi connectivity index (χ3v) is 5.11. The Morgan fingerprint density at radius 3 is 2.03 bits per heavy atom. The van der Waals surface area contributed by atoms with Crippen molar-refractivity contribution in [2.75, 3.05) is 10.6 Å². The molecule has 0 heterocycles. The molecule has 2 rings (SSSR count). The summed E-state index contributed by atoms with van der Waals surface area (Å²) in [6.45, 7) is 11.4. The van der Waals surface area contributed by atoms with Gasteiger partial charge in [-0.15, -0.1) is 0 Å². The molecule has 0 bridgehead atoms. The predicted octanol–water partition coefficient (Wildman–Crippen LogP) is 4.99. The normalized spacial score (nSPS) is 12.3. The molecule has 0 radical (unpaired) electrons. The Morgan fingerprint density at radius 2 is 1.55 bits per heavy atom.